The lowest BCUT2D eigenvalue weighted by atomic mass is 10.2. The van der Waals surface area contributed by atoms with Crippen LogP contribution in [-0.2, 0) is 6.54 Å². The largest absolute Gasteiger partial charge is 0.378 e. The zero-order chi connectivity index (χ0) is 12.2. The molecule has 1 aromatic heterocycles. The number of imidazole rings is 1. The van der Waals surface area contributed by atoms with Gasteiger partial charge in [-0.2, -0.15) is 0 Å². The predicted octanol–water partition coefficient (Wildman–Crippen LogP) is 2.62. The van der Waals surface area contributed by atoms with Crippen LogP contribution >= 0.6 is 0 Å². The molecule has 4 heteroatoms. The standard InChI is InChI=1S/C14H18N4/c1-2-10-18(9-1)13-5-3-12(4-6-13)17-11-14-15-7-8-16-14/h3-8,17H,1-2,9-11H2,(H,15,16). The van der Waals surface area contributed by atoms with Crippen molar-refractivity contribution < 1.29 is 0 Å². The van der Waals surface area contributed by atoms with Crippen LogP contribution < -0.4 is 10.2 Å². The van der Waals surface area contributed by atoms with Gasteiger partial charge < -0.3 is 15.2 Å². The van der Waals surface area contributed by atoms with Crippen LogP contribution in [0.4, 0.5) is 11.4 Å². The Labute approximate surface area is 107 Å². The first kappa shape index (κ1) is 11.1. The lowest BCUT2D eigenvalue weighted by Gasteiger charge is -2.17. The molecule has 1 aliphatic heterocycles. The summed E-state index contributed by atoms with van der Waals surface area (Å²) in [7, 11) is 0. The van der Waals surface area contributed by atoms with Crippen LogP contribution in [0.5, 0.6) is 0 Å². The summed E-state index contributed by atoms with van der Waals surface area (Å²) in [6.07, 6.45) is 6.25. The fourth-order valence-electron chi connectivity index (χ4n) is 2.35. The van der Waals surface area contributed by atoms with E-state index in [9.17, 15) is 0 Å². The first-order valence-corrected chi connectivity index (χ1v) is 6.49. The van der Waals surface area contributed by atoms with Crippen molar-refractivity contribution in [1.29, 1.82) is 0 Å². The highest BCUT2D eigenvalue weighted by atomic mass is 15.1. The number of aromatic nitrogens is 2. The highest BCUT2D eigenvalue weighted by Crippen LogP contribution is 2.22. The number of anilines is 2. The maximum absolute atomic E-state index is 4.19. The molecule has 2 aromatic rings. The van der Waals surface area contributed by atoms with Crippen LogP contribution in [0.2, 0.25) is 0 Å². The van der Waals surface area contributed by atoms with Crippen LogP contribution in [0, 0.1) is 0 Å². The molecule has 1 aromatic carbocycles. The lowest BCUT2D eigenvalue weighted by molar-refractivity contribution is 0.949. The quantitative estimate of drug-likeness (QED) is 0.866. The Morgan fingerprint density at radius 3 is 2.61 bits per heavy atom. The lowest BCUT2D eigenvalue weighted by Crippen LogP contribution is -2.17. The predicted molar refractivity (Wildman–Crippen MR) is 73.8 cm³/mol. The molecule has 4 nitrogen and oxygen atoms in total. The third kappa shape index (κ3) is 2.47. The Morgan fingerprint density at radius 1 is 1.17 bits per heavy atom. The van der Waals surface area contributed by atoms with E-state index < -0.39 is 0 Å². The summed E-state index contributed by atoms with van der Waals surface area (Å²) in [4.78, 5) is 9.71. The van der Waals surface area contributed by atoms with Crippen molar-refractivity contribution in [2.24, 2.45) is 0 Å². The summed E-state index contributed by atoms with van der Waals surface area (Å²) in [6, 6.07) is 8.65. The minimum absolute atomic E-state index is 0.732. The number of nitrogens with zero attached hydrogens (tertiary/aromatic N) is 2. The highest BCUT2D eigenvalue weighted by molar-refractivity contribution is 5.55. The van der Waals surface area contributed by atoms with Gasteiger partial charge in [-0.1, -0.05) is 0 Å². The van der Waals surface area contributed by atoms with Gasteiger partial charge in [-0.25, -0.2) is 4.98 Å². The van der Waals surface area contributed by atoms with Gasteiger partial charge in [0.05, 0.1) is 6.54 Å². The molecule has 1 aliphatic rings. The molecule has 0 saturated carbocycles. The zero-order valence-electron chi connectivity index (χ0n) is 10.4. The average molecular weight is 242 g/mol. The zero-order valence-corrected chi connectivity index (χ0v) is 10.4. The second kappa shape index (κ2) is 5.12. The smallest absolute Gasteiger partial charge is 0.125 e. The van der Waals surface area contributed by atoms with Gasteiger partial charge in [-0.15, -0.1) is 0 Å². The van der Waals surface area contributed by atoms with E-state index >= 15 is 0 Å². The Morgan fingerprint density at radius 2 is 1.94 bits per heavy atom. The third-order valence-corrected chi connectivity index (χ3v) is 3.35. The van der Waals surface area contributed by atoms with Crippen LogP contribution in [0.3, 0.4) is 0 Å². The topological polar surface area (TPSA) is 44.0 Å². The molecule has 1 saturated heterocycles. The molecule has 2 N–H and O–H groups in total. The average Bonchev–Trinajstić information content (AvgIpc) is 3.10. The van der Waals surface area contributed by atoms with E-state index in [1.54, 1.807) is 6.20 Å². The van der Waals surface area contributed by atoms with Gasteiger partial charge in [0.1, 0.15) is 5.82 Å². The molecule has 2 heterocycles. The van der Waals surface area contributed by atoms with E-state index in [2.05, 4.69) is 44.5 Å². The summed E-state index contributed by atoms with van der Waals surface area (Å²) >= 11 is 0. The molecule has 0 amide bonds. The number of hydrogen-bond acceptors (Lipinski definition) is 3. The SMILES string of the molecule is c1c[nH]c(CNc2ccc(N3CCCC3)cc2)n1. The molecule has 0 spiro atoms. The Bertz CT molecular complexity index is 469. The number of H-pyrrole nitrogens is 1. The van der Waals surface area contributed by atoms with Gasteiger partial charge in [-0.3, -0.25) is 0 Å². The maximum atomic E-state index is 4.19. The minimum atomic E-state index is 0.732. The Kier molecular flexibility index (Phi) is 3.17. The summed E-state index contributed by atoms with van der Waals surface area (Å²) in [5.74, 6) is 0.957. The summed E-state index contributed by atoms with van der Waals surface area (Å²) in [5, 5.41) is 3.35. The fourth-order valence-corrected chi connectivity index (χ4v) is 2.35. The van der Waals surface area contributed by atoms with E-state index in [1.807, 2.05) is 6.20 Å². The number of aromatic amines is 1. The highest BCUT2D eigenvalue weighted by Gasteiger charge is 2.11. The minimum Gasteiger partial charge on any atom is -0.378 e. The summed E-state index contributed by atoms with van der Waals surface area (Å²) in [5.41, 5.74) is 2.46. The van der Waals surface area contributed by atoms with E-state index in [1.165, 1.54) is 31.6 Å². The van der Waals surface area contributed by atoms with Gasteiger partial charge in [0.2, 0.25) is 0 Å². The Balaban J connectivity index is 1.60. The first-order valence-electron chi connectivity index (χ1n) is 6.49. The third-order valence-electron chi connectivity index (χ3n) is 3.35. The maximum Gasteiger partial charge on any atom is 0.125 e. The van der Waals surface area contributed by atoms with Crippen molar-refractivity contribution in [3.8, 4) is 0 Å². The molecule has 1 fully saturated rings. The van der Waals surface area contributed by atoms with Crippen LogP contribution in [0.25, 0.3) is 0 Å². The molecule has 0 unspecified atom stereocenters. The van der Waals surface area contributed by atoms with Gasteiger partial charge in [0.15, 0.2) is 0 Å². The van der Waals surface area contributed by atoms with Gasteiger partial charge in [0, 0.05) is 36.9 Å². The normalized spacial score (nSPS) is 15.0. The van der Waals surface area contributed by atoms with Crippen molar-refractivity contribution >= 4 is 11.4 Å². The van der Waals surface area contributed by atoms with Crippen LogP contribution in [0.15, 0.2) is 36.7 Å². The van der Waals surface area contributed by atoms with Gasteiger partial charge >= 0.3 is 0 Å². The fraction of sp³-hybridized carbons (Fsp3) is 0.357. The van der Waals surface area contributed by atoms with Crippen molar-refractivity contribution in [1.82, 2.24) is 9.97 Å². The molecule has 0 atom stereocenters. The second-order valence-corrected chi connectivity index (χ2v) is 4.63. The number of rotatable bonds is 4. The van der Waals surface area contributed by atoms with E-state index in [4.69, 9.17) is 0 Å². The molecule has 18 heavy (non-hydrogen) atoms. The summed E-state index contributed by atoms with van der Waals surface area (Å²) in [6.45, 7) is 3.12. The first-order chi connectivity index (χ1) is 8.92. The van der Waals surface area contributed by atoms with Crippen molar-refractivity contribution in [3.63, 3.8) is 0 Å². The number of benzene rings is 1. The van der Waals surface area contributed by atoms with Crippen molar-refractivity contribution in [2.75, 3.05) is 23.3 Å². The molecular weight excluding hydrogens is 224 g/mol. The van der Waals surface area contributed by atoms with Crippen LogP contribution in [-0.4, -0.2) is 23.1 Å². The Hall–Kier alpha value is -1.97. The van der Waals surface area contributed by atoms with Gasteiger partial charge in [0.25, 0.3) is 0 Å². The van der Waals surface area contributed by atoms with E-state index in [-0.39, 0.29) is 0 Å². The van der Waals surface area contributed by atoms with Crippen molar-refractivity contribution in [3.05, 3.63) is 42.5 Å². The van der Waals surface area contributed by atoms with E-state index in [0.29, 0.717) is 0 Å². The molecule has 0 bridgehead atoms. The molecule has 0 radical (unpaired) electrons. The van der Waals surface area contributed by atoms with Crippen LogP contribution in [0.1, 0.15) is 18.7 Å². The number of nitrogens with one attached hydrogen (secondary N) is 2. The second-order valence-electron chi connectivity index (χ2n) is 4.63. The molecule has 3 rings (SSSR count). The van der Waals surface area contributed by atoms with Crippen molar-refractivity contribution in [2.45, 2.75) is 19.4 Å². The molecule has 94 valence electrons. The molecular formula is C14H18N4. The molecule has 0 aliphatic carbocycles. The summed E-state index contributed by atoms with van der Waals surface area (Å²) < 4.78 is 0. The van der Waals surface area contributed by atoms with Gasteiger partial charge in [-0.05, 0) is 37.1 Å². The number of hydrogen-bond donors (Lipinski definition) is 2. The van der Waals surface area contributed by atoms with E-state index in [0.717, 1.165) is 18.1 Å². The monoisotopic (exact) mass is 242 g/mol.